The molecule has 5 aliphatic heterocycles. The standard InChI is InChI=1S/C28H39N5O3/c34-26-8-4-7-25-23-17-21(19-33(25)26)18-32(20-23)28(36)31-11-9-22(10-12-31)27(35)30-15-13-29(14-16-30)24-5-2-1-3-6-24/h1-3,5-6,21-23,25H,4,7-20H2/t21?,23?,25-/m1/s1. The third-order valence-electron chi connectivity index (χ3n) is 9.28. The van der Waals surface area contributed by atoms with Crippen LogP contribution in [0.15, 0.2) is 30.3 Å². The molecule has 5 aliphatic rings. The molecule has 3 atom stereocenters. The first kappa shape index (κ1) is 23.6. The topological polar surface area (TPSA) is 67.4 Å². The molecule has 194 valence electrons. The van der Waals surface area contributed by atoms with Crippen LogP contribution in [0.25, 0.3) is 0 Å². The Balaban J connectivity index is 0.989. The van der Waals surface area contributed by atoms with Crippen LogP contribution in [0.1, 0.15) is 38.5 Å². The zero-order valence-corrected chi connectivity index (χ0v) is 21.3. The van der Waals surface area contributed by atoms with Crippen molar-refractivity contribution in [3.05, 3.63) is 30.3 Å². The first-order valence-electron chi connectivity index (χ1n) is 14.0. The number of rotatable bonds is 2. The van der Waals surface area contributed by atoms with E-state index in [1.54, 1.807) is 0 Å². The summed E-state index contributed by atoms with van der Waals surface area (Å²) >= 11 is 0. The third kappa shape index (κ3) is 4.55. The maximum Gasteiger partial charge on any atom is 0.320 e. The smallest absolute Gasteiger partial charge is 0.320 e. The van der Waals surface area contributed by atoms with Gasteiger partial charge in [-0.05, 0) is 56.1 Å². The van der Waals surface area contributed by atoms with Crippen LogP contribution >= 0.6 is 0 Å². The van der Waals surface area contributed by atoms with Crippen molar-refractivity contribution in [3.8, 4) is 0 Å². The van der Waals surface area contributed by atoms with Gasteiger partial charge in [0.1, 0.15) is 0 Å². The zero-order valence-electron chi connectivity index (χ0n) is 21.3. The summed E-state index contributed by atoms with van der Waals surface area (Å²) < 4.78 is 0. The number of carbonyl (C=O) groups excluding carboxylic acids is 3. The van der Waals surface area contributed by atoms with Gasteiger partial charge in [-0.15, -0.1) is 0 Å². The van der Waals surface area contributed by atoms with Gasteiger partial charge in [0.2, 0.25) is 11.8 Å². The van der Waals surface area contributed by atoms with Gasteiger partial charge in [-0.25, -0.2) is 4.79 Å². The van der Waals surface area contributed by atoms with Gasteiger partial charge in [0.25, 0.3) is 0 Å². The van der Waals surface area contributed by atoms with E-state index >= 15 is 0 Å². The Bertz CT molecular complexity index is 971. The summed E-state index contributed by atoms with van der Waals surface area (Å²) in [7, 11) is 0. The minimum Gasteiger partial charge on any atom is -0.368 e. The molecule has 2 unspecified atom stereocenters. The summed E-state index contributed by atoms with van der Waals surface area (Å²) in [5, 5.41) is 0. The number of hydrogen-bond donors (Lipinski definition) is 0. The van der Waals surface area contributed by atoms with Crippen molar-refractivity contribution in [2.45, 2.75) is 44.6 Å². The number of amides is 4. The first-order chi connectivity index (χ1) is 17.6. The molecule has 2 bridgehead atoms. The van der Waals surface area contributed by atoms with Crippen molar-refractivity contribution < 1.29 is 14.4 Å². The molecule has 8 heteroatoms. The van der Waals surface area contributed by atoms with Crippen LogP contribution < -0.4 is 4.90 Å². The Hall–Kier alpha value is -2.77. The highest BCUT2D eigenvalue weighted by Gasteiger charge is 2.45. The number of carbonyl (C=O) groups is 3. The van der Waals surface area contributed by atoms with Crippen LogP contribution in [0.3, 0.4) is 0 Å². The second-order valence-corrected chi connectivity index (χ2v) is 11.5. The number of hydrogen-bond acceptors (Lipinski definition) is 4. The molecular formula is C28H39N5O3. The molecular weight excluding hydrogens is 454 g/mol. The fraction of sp³-hybridized carbons (Fsp3) is 0.679. The number of urea groups is 1. The Morgan fingerprint density at radius 3 is 2.28 bits per heavy atom. The van der Waals surface area contributed by atoms with Crippen LogP contribution in [-0.2, 0) is 9.59 Å². The maximum absolute atomic E-state index is 13.4. The molecule has 1 aromatic rings. The van der Waals surface area contributed by atoms with Gasteiger partial charge in [0, 0.05) is 83.0 Å². The first-order valence-corrected chi connectivity index (χ1v) is 14.0. The molecule has 0 saturated carbocycles. The second-order valence-electron chi connectivity index (χ2n) is 11.5. The molecule has 6 rings (SSSR count). The van der Waals surface area contributed by atoms with E-state index in [-0.39, 0.29) is 17.9 Å². The van der Waals surface area contributed by atoms with E-state index in [0.29, 0.717) is 43.3 Å². The molecule has 5 heterocycles. The van der Waals surface area contributed by atoms with Crippen LogP contribution in [0.4, 0.5) is 10.5 Å². The normalized spacial score (nSPS) is 29.3. The van der Waals surface area contributed by atoms with Gasteiger partial charge >= 0.3 is 6.03 Å². The molecule has 4 amide bonds. The fourth-order valence-corrected chi connectivity index (χ4v) is 7.37. The predicted molar refractivity (Wildman–Crippen MR) is 137 cm³/mol. The zero-order chi connectivity index (χ0) is 24.6. The summed E-state index contributed by atoms with van der Waals surface area (Å²) in [6, 6.07) is 10.9. The Morgan fingerprint density at radius 2 is 1.53 bits per heavy atom. The molecule has 0 spiro atoms. The average Bonchev–Trinajstić information content (AvgIpc) is 2.93. The SMILES string of the molecule is O=C(C1CCN(C(=O)N2CC3CC(C2)[C@H]2CCCC(=O)N2C3)CC1)N1CCN(c2ccccc2)CC1. The van der Waals surface area contributed by atoms with Crippen molar-refractivity contribution in [2.75, 3.05) is 63.8 Å². The highest BCUT2D eigenvalue weighted by Crippen LogP contribution is 2.38. The van der Waals surface area contributed by atoms with E-state index in [9.17, 15) is 14.4 Å². The lowest BCUT2D eigenvalue weighted by molar-refractivity contribution is -0.144. The number of piperazine rings is 1. The Morgan fingerprint density at radius 1 is 0.778 bits per heavy atom. The number of likely N-dealkylation sites (tertiary alicyclic amines) is 2. The third-order valence-corrected chi connectivity index (χ3v) is 9.28. The van der Waals surface area contributed by atoms with Crippen LogP contribution in [-0.4, -0.2) is 102 Å². The Kier molecular flexibility index (Phi) is 6.52. The minimum absolute atomic E-state index is 0.0277. The van der Waals surface area contributed by atoms with E-state index < -0.39 is 0 Å². The van der Waals surface area contributed by atoms with Crippen LogP contribution in [0, 0.1) is 17.8 Å². The lowest BCUT2D eigenvalue weighted by Crippen LogP contribution is -2.62. The van der Waals surface area contributed by atoms with E-state index in [1.165, 1.54) is 5.69 Å². The van der Waals surface area contributed by atoms with E-state index in [2.05, 4.69) is 39.0 Å². The van der Waals surface area contributed by atoms with Crippen LogP contribution in [0.5, 0.6) is 0 Å². The van der Waals surface area contributed by atoms with Crippen molar-refractivity contribution in [3.63, 3.8) is 0 Å². The van der Waals surface area contributed by atoms with E-state index in [1.807, 2.05) is 15.9 Å². The molecule has 8 nitrogen and oxygen atoms in total. The lowest BCUT2D eigenvalue weighted by atomic mass is 9.76. The maximum atomic E-state index is 13.4. The monoisotopic (exact) mass is 493 g/mol. The number of para-hydroxylation sites is 1. The number of benzene rings is 1. The fourth-order valence-electron chi connectivity index (χ4n) is 7.37. The van der Waals surface area contributed by atoms with E-state index in [4.69, 9.17) is 0 Å². The molecule has 36 heavy (non-hydrogen) atoms. The van der Waals surface area contributed by atoms with Crippen LogP contribution in [0.2, 0.25) is 0 Å². The molecule has 0 N–H and O–H groups in total. The summed E-state index contributed by atoms with van der Waals surface area (Å²) in [5.41, 5.74) is 1.22. The number of nitrogens with zero attached hydrogens (tertiary/aromatic N) is 5. The summed E-state index contributed by atoms with van der Waals surface area (Å²) in [6.45, 7) is 6.96. The summed E-state index contributed by atoms with van der Waals surface area (Å²) in [4.78, 5) is 49.6. The quantitative estimate of drug-likeness (QED) is 0.635. The van der Waals surface area contributed by atoms with Gasteiger partial charge in [0.05, 0.1) is 0 Å². The van der Waals surface area contributed by atoms with Crippen molar-refractivity contribution in [1.29, 1.82) is 0 Å². The molecule has 0 radical (unpaired) electrons. The predicted octanol–water partition coefficient (Wildman–Crippen LogP) is 2.50. The summed E-state index contributed by atoms with van der Waals surface area (Å²) in [5.74, 6) is 1.43. The van der Waals surface area contributed by atoms with Crippen molar-refractivity contribution >= 4 is 23.5 Å². The van der Waals surface area contributed by atoms with Gasteiger partial charge in [-0.2, -0.15) is 0 Å². The largest absolute Gasteiger partial charge is 0.368 e. The molecule has 1 aromatic carbocycles. The Labute approximate surface area is 214 Å². The minimum atomic E-state index is 0.0277. The van der Waals surface area contributed by atoms with Gasteiger partial charge < -0.3 is 24.5 Å². The molecule has 5 fully saturated rings. The summed E-state index contributed by atoms with van der Waals surface area (Å²) in [6.07, 6.45) is 5.42. The van der Waals surface area contributed by atoms with E-state index in [0.717, 1.165) is 77.9 Å². The highest BCUT2D eigenvalue weighted by atomic mass is 16.2. The van der Waals surface area contributed by atoms with Gasteiger partial charge in [-0.1, -0.05) is 18.2 Å². The number of fused-ring (bicyclic) bond motifs is 4. The average molecular weight is 494 g/mol. The number of piperidine rings is 4. The molecule has 0 aliphatic carbocycles. The van der Waals surface area contributed by atoms with Crippen molar-refractivity contribution in [1.82, 2.24) is 19.6 Å². The van der Waals surface area contributed by atoms with Gasteiger partial charge in [0.15, 0.2) is 0 Å². The lowest BCUT2D eigenvalue weighted by Gasteiger charge is -2.53. The van der Waals surface area contributed by atoms with Crippen molar-refractivity contribution in [2.24, 2.45) is 17.8 Å². The highest BCUT2D eigenvalue weighted by molar-refractivity contribution is 5.80. The molecule has 5 saturated heterocycles. The number of anilines is 1. The second kappa shape index (κ2) is 9.94. The molecule has 0 aromatic heterocycles. The van der Waals surface area contributed by atoms with Gasteiger partial charge in [-0.3, -0.25) is 9.59 Å².